The van der Waals surface area contributed by atoms with Crippen LogP contribution in [0.2, 0.25) is 0 Å². The lowest BCUT2D eigenvalue weighted by molar-refractivity contribution is -0.136. The number of hydrogen-bond acceptors (Lipinski definition) is 3. The Labute approximate surface area is 108 Å². The zero-order valence-electron chi connectivity index (χ0n) is 11.0. The van der Waals surface area contributed by atoms with Crippen molar-refractivity contribution in [1.82, 2.24) is 0 Å². The number of carbonyl (C=O) groups excluding carboxylic acids is 1. The molecular weight excluding hydrogens is 228 g/mol. The number of fused-ring (bicyclic) bond motifs is 1. The summed E-state index contributed by atoms with van der Waals surface area (Å²) in [5.74, 6) is 0.963. The highest BCUT2D eigenvalue weighted by molar-refractivity contribution is 5.87. The minimum absolute atomic E-state index is 0.0771. The van der Waals surface area contributed by atoms with Crippen LogP contribution in [0.4, 0.5) is 0 Å². The van der Waals surface area contributed by atoms with E-state index in [0.717, 1.165) is 17.7 Å². The van der Waals surface area contributed by atoms with Gasteiger partial charge in [0.05, 0.1) is 6.61 Å². The van der Waals surface area contributed by atoms with E-state index in [1.54, 1.807) is 6.92 Å². The van der Waals surface area contributed by atoms with Crippen molar-refractivity contribution in [2.75, 3.05) is 6.61 Å². The van der Waals surface area contributed by atoms with Crippen LogP contribution in [0.25, 0.3) is 0 Å². The molecule has 0 aromatic heterocycles. The molecule has 2 rings (SSSR count). The molecule has 1 aliphatic rings. The molecule has 0 aliphatic carbocycles. The summed E-state index contributed by atoms with van der Waals surface area (Å²) in [6, 6.07) is 7.84. The van der Waals surface area contributed by atoms with Crippen molar-refractivity contribution in [3.8, 4) is 5.75 Å². The molecule has 1 heterocycles. The fraction of sp³-hybridized carbons (Fsp3) is 0.533. The van der Waals surface area contributed by atoms with E-state index in [0.29, 0.717) is 19.4 Å². The molecule has 2 atom stereocenters. The number of para-hydroxylation sites is 1. The van der Waals surface area contributed by atoms with E-state index in [-0.39, 0.29) is 11.7 Å². The summed E-state index contributed by atoms with van der Waals surface area (Å²) in [6.07, 6.45) is 1.68. The first-order valence-electron chi connectivity index (χ1n) is 6.52. The Kier molecular flexibility index (Phi) is 3.71. The van der Waals surface area contributed by atoms with E-state index in [1.165, 1.54) is 0 Å². The number of ketones is 1. The van der Waals surface area contributed by atoms with Crippen LogP contribution in [0, 0.1) is 0 Å². The summed E-state index contributed by atoms with van der Waals surface area (Å²) in [5.41, 5.74) is -0.114. The lowest BCUT2D eigenvalue weighted by atomic mass is 9.84. The third-order valence-corrected chi connectivity index (χ3v) is 3.80. The third-order valence-electron chi connectivity index (χ3n) is 3.80. The van der Waals surface area contributed by atoms with Gasteiger partial charge in [0.2, 0.25) is 0 Å². The second-order valence-corrected chi connectivity index (χ2v) is 5.13. The number of benzene rings is 1. The molecule has 18 heavy (non-hydrogen) atoms. The molecule has 3 nitrogen and oxygen atoms in total. The maximum absolute atomic E-state index is 12.1. The second-order valence-electron chi connectivity index (χ2n) is 5.13. The Hall–Kier alpha value is -1.35. The highest BCUT2D eigenvalue weighted by atomic mass is 16.5. The zero-order chi connectivity index (χ0) is 13.2. The summed E-state index contributed by atoms with van der Waals surface area (Å²) in [5, 5.41) is 9.99. The Balaban J connectivity index is 2.15. The molecular formula is C15H20O3. The van der Waals surface area contributed by atoms with E-state index in [1.807, 2.05) is 31.2 Å². The van der Waals surface area contributed by atoms with Crippen LogP contribution in [-0.2, 0) is 4.79 Å². The van der Waals surface area contributed by atoms with Gasteiger partial charge in [0.1, 0.15) is 11.4 Å². The molecule has 1 aromatic carbocycles. The van der Waals surface area contributed by atoms with Crippen molar-refractivity contribution in [2.45, 2.75) is 44.6 Å². The molecule has 0 bridgehead atoms. The van der Waals surface area contributed by atoms with Gasteiger partial charge in [-0.2, -0.15) is 0 Å². The van der Waals surface area contributed by atoms with E-state index in [9.17, 15) is 9.90 Å². The van der Waals surface area contributed by atoms with Crippen molar-refractivity contribution in [3.05, 3.63) is 29.8 Å². The number of ether oxygens (including phenoxy) is 1. The van der Waals surface area contributed by atoms with Gasteiger partial charge in [-0.15, -0.1) is 0 Å². The van der Waals surface area contributed by atoms with Crippen molar-refractivity contribution >= 4 is 5.78 Å². The molecule has 1 aromatic rings. The Morgan fingerprint density at radius 1 is 1.50 bits per heavy atom. The number of hydrogen-bond donors (Lipinski definition) is 1. The van der Waals surface area contributed by atoms with Gasteiger partial charge in [0, 0.05) is 6.42 Å². The van der Waals surface area contributed by atoms with Crippen LogP contribution < -0.4 is 4.74 Å². The average molecular weight is 248 g/mol. The largest absolute Gasteiger partial charge is 0.493 e. The number of rotatable bonds is 4. The van der Waals surface area contributed by atoms with Gasteiger partial charge in [0.15, 0.2) is 5.78 Å². The molecule has 98 valence electrons. The quantitative estimate of drug-likeness (QED) is 0.891. The molecule has 0 saturated heterocycles. The SMILES string of the molecule is CCC(C)(O)C(=O)CC1CCOc2ccccc21. The van der Waals surface area contributed by atoms with Gasteiger partial charge in [-0.1, -0.05) is 25.1 Å². The zero-order valence-corrected chi connectivity index (χ0v) is 11.0. The van der Waals surface area contributed by atoms with Crippen LogP contribution in [-0.4, -0.2) is 23.1 Å². The predicted octanol–water partition coefficient (Wildman–Crippen LogP) is 2.67. The monoisotopic (exact) mass is 248 g/mol. The summed E-state index contributed by atoms with van der Waals surface area (Å²) in [6.45, 7) is 4.07. The summed E-state index contributed by atoms with van der Waals surface area (Å²) < 4.78 is 5.57. The Morgan fingerprint density at radius 2 is 2.22 bits per heavy atom. The maximum atomic E-state index is 12.1. The van der Waals surface area contributed by atoms with Crippen molar-refractivity contribution in [1.29, 1.82) is 0 Å². The fourth-order valence-electron chi connectivity index (χ4n) is 2.27. The van der Waals surface area contributed by atoms with Gasteiger partial charge >= 0.3 is 0 Å². The van der Waals surface area contributed by atoms with Crippen LogP contribution in [0.1, 0.15) is 44.6 Å². The van der Waals surface area contributed by atoms with E-state index in [4.69, 9.17) is 4.74 Å². The molecule has 0 radical (unpaired) electrons. The molecule has 1 N–H and O–H groups in total. The molecule has 0 saturated carbocycles. The first-order chi connectivity index (χ1) is 8.54. The summed E-state index contributed by atoms with van der Waals surface area (Å²) in [7, 11) is 0. The molecule has 1 aliphatic heterocycles. The van der Waals surface area contributed by atoms with Crippen molar-refractivity contribution in [2.24, 2.45) is 0 Å². The van der Waals surface area contributed by atoms with E-state index in [2.05, 4.69) is 0 Å². The normalized spacial score (nSPS) is 21.6. The predicted molar refractivity (Wildman–Crippen MR) is 69.8 cm³/mol. The molecule has 0 amide bonds. The molecule has 3 heteroatoms. The highest BCUT2D eigenvalue weighted by Crippen LogP contribution is 2.36. The standard InChI is InChI=1S/C15H20O3/c1-3-15(2,17)14(16)10-11-8-9-18-13-7-5-4-6-12(11)13/h4-7,11,17H,3,8-10H2,1-2H3. The number of aliphatic hydroxyl groups is 1. The topological polar surface area (TPSA) is 46.5 Å². The van der Waals surface area contributed by atoms with Gasteiger partial charge in [-0.05, 0) is 37.3 Å². The van der Waals surface area contributed by atoms with Crippen molar-refractivity contribution < 1.29 is 14.6 Å². The molecule has 0 spiro atoms. The number of Topliss-reactive ketones (excluding diaryl/α,β-unsaturated/α-hetero) is 1. The first-order valence-corrected chi connectivity index (χ1v) is 6.52. The average Bonchev–Trinajstić information content (AvgIpc) is 2.39. The minimum Gasteiger partial charge on any atom is -0.493 e. The van der Waals surface area contributed by atoms with Crippen LogP contribution in [0.15, 0.2) is 24.3 Å². The summed E-state index contributed by atoms with van der Waals surface area (Å²) >= 11 is 0. The molecule has 2 unspecified atom stereocenters. The first kappa shape index (κ1) is 13.1. The lowest BCUT2D eigenvalue weighted by Crippen LogP contribution is -2.35. The van der Waals surface area contributed by atoms with E-state index < -0.39 is 5.60 Å². The molecule has 0 fully saturated rings. The van der Waals surface area contributed by atoms with Gasteiger partial charge in [0.25, 0.3) is 0 Å². The van der Waals surface area contributed by atoms with Gasteiger partial charge in [-0.3, -0.25) is 4.79 Å². The maximum Gasteiger partial charge on any atom is 0.164 e. The van der Waals surface area contributed by atoms with Gasteiger partial charge < -0.3 is 9.84 Å². The number of carbonyl (C=O) groups is 1. The van der Waals surface area contributed by atoms with E-state index >= 15 is 0 Å². The lowest BCUT2D eigenvalue weighted by Gasteiger charge is -2.28. The highest BCUT2D eigenvalue weighted by Gasteiger charge is 2.32. The van der Waals surface area contributed by atoms with Crippen LogP contribution in [0.3, 0.4) is 0 Å². The van der Waals surface area contributed by atoms with Crippen LogP contribution >= 0.6 is 0 Å². The summed E-state index contributed by atoms with van der Waals surface area (Å²) in [4.78, 5) is 12.1. The Bertz CT molecular complexity index is 437. The smallest absolute Gasteiger partial charge is 0.164 e. The second kappa shape index (κ2) is 5.11. The fourth-order valence-corrected chi connectivity index (χ4v) is 2.27. The van der Waals surface area contributed by atoms with Crippen molar-refractivity contribution in [3.63, 3.8) is 0 Å². The van der Waals surface area contributed by atoms with Gasteiger partial charge in [-0.25, -0.2) is 0 Å². The Morgan fingerprint density at radius 3 is 2.94 bits per heavy atom. The minimum atomic E-state index is -1.20. The third kappa shape index (κ3) is 2.56. The van der Waals surface area contributed by atoms with Crippen LogP contribution in [0.5, 0.6) is 5.75 Å².